The molecule has 4 aromatic rings. The predicted molar refractivity (Wildman–Crippen MR) is 120 cm³/mol. The third-order valence-corrected chi connectivity index (χ3v) is 5.93. The fourth-order valence-electron chi connectivity index (χ4n) is 3.52. The first-order chi connectivity index (χ1) is 14.7. The summed E-state index contributed by atoms with van der Waals surface area (Å²) in [6.45, 7) is 0.420. The van der Waals surface area contributed by atoms with Crippen LogP contribution >= 0.6 is 11.3 Å². The molecule has 2 aromatic carbocycles. The molecule has 4 rings (SSSR count). The summed E-state index contributed by atoms with van der Waals surface area (Å²) in [5, 5.41) is 2.64. The zero-order valence-corrected chi connectivity index (χ0v) is 17.5. The van der Waals surface area contributed by atoms with Gasteiger partial charge in [-0.2, -0.15) is 0 Å². The summed E-state index contributed by atoms with van der Waals surface area (Å²) >= 11 is 1.49. The van der Waals surface area contributed by atoms with Crippen molar-refractivity contribution in [1.29, 1.82) is 0 Å². The van der Waals surface area contributed by atoms with Crippen molar-refractivity contribution in [1.82, 2.24) is 9.55 Å². The molecule has 0 aliphatic carbocycles. The van der Waals surface area contributed by atoms with Crippen LogP contribution in [-0.2, 0) is 22.5 Å². The number of esters is 1. The third kappa shape index (κ3) is 4.19. The van der Waals surface area contributed by atoms with Crippen LogP contribution in [0.25, 0.3) is 21.3 Å². The minimum absolute atomic E-state index is 0.0594. The number of benzene rings is 2. The zero-order valence-electron chi connectivity index (χ0n) is 16.7. The zero-order chi connectivity index (χ0) is 20.9. The lowest BCUT2D eigenvalue weighted by molar-refractivity contribution is -0.140. The van der Waals surface area contributed by atoms with Crippen molar-refractivity contribution in [3.8, 4) is 11.1 Å². The van der Waals surface area contributed by atoms with Gasteiger partial charge in [0.25, 0.3) is 5.56 Å². The quantitative estimate of drug-likeness (QED) is 0.409. The normalized spacial score (nSPS) is 11.0. The lowest BCUT2D eigenvalue weighted by Crippen LogP contribution is -2.26. The molecule has 0 saturated heterocycles. The highest BCUT2D eigenvalue weighted by molar-refractivity contribution is 7.17. The second kappa shape index (κ2) is 9.05. The summed E-state index contributed by atoms with van der Waals surface area (Å²) in [5.74, 6) is 0.437. The van der Waals surface area contributed by atoms with E-state index in [1.165, 1.54) is 18.4 Å². The Bertz CT molecular complexity index is 1210. The third-order valence-electron chi connectivity index (χ3n) is 5.05. The molecule has 0 aliphatic rings. The lowest BCUT2D eigenvalue weighted by Gasteiger charge is -2.13. The van der Waals surface area contributed by atoms with E-state index in [4.69, 9.17) is 9.72 Å². The maximum atomic E-state index is 13.6. The average Bonchev–Trinajstić information content (AvgIpc) is 3.21. The van der Waals surface area contributed by atoms with Crippen molar-refractivity contribution in [2.45, 2.75) is 25.8 Å². The Morgan fingerprint density at radius 3 is 2.47 bits per heavy atom. The van der Waals surface area contributed by atoms with Crippen LogP contribution < -0.4 is 5.56 Å². The van der Waals surface area contributed by atoms with Crippen molar-refractivity contribution >= 4 is 27.5 Å². The monoisotopic (exact) mass is 418 g/mol. The molecular formula is C24H22N2O3S. The molecule has 0 atom stereocenters. The van der Waals surface area contributed by atoms with E-state index in [0.717, 1.165) is 21.5 Å². The Labute approximate surface area is 178 Å². The fourth-order valence-corrected chi connectivity index (χ4v) is 4.48. The number of carbonyl (C=O) groups is 1. The van der Waals surface area contributed by atoms with Crippen molar-refractivity contribution in [2.24, 2.45) is 0 Å². The number of aromatic nitrogens is 2. The molecule has 0 unspecified atom stereocenters. The number of hydrogen-bond acceptors (Lipinski definition) is 5. The fraction of sp³-hybridized carbons (Fsp3) is 0.208. The molecule has 2 heterocycles. The SMILES string of the molecule is COC(=O)CCCn1c(Cc2ccccc2)nc2scc(-c3ccccc3)c2c1=O. The highest BCUT2D eigenvalue weighted by Gasteiger charge is 2.17. The molecule has 0 bridgehead atoms. The van der Waals surface area contributed by atoms with Crippen molar-refractivity contribution < 1.29 is 9.53 Å². The smallest absolute Gasteiger partial charge is 0.305 e. The van der Waals surface area contributed by atoms with Crippen LogP contribution in [0.15, 0.2) is 70.8 Å². The molecule has 0 aliphatic heterocycles. The van der Waals surface area contributed by atoms with E-state index >= 15 is 0 Å². The molecule has 152 valence electrons. The van der Waals surface area contributed by atoms with Gasteiger partial charge >= 0.3 is 5.97 Å². The number of ether oxygens (including phenoxy) is 1. The molecule has 0 N–H and O–H groups in total. The average molecular weight is 419 g/mol. The predicted octanol–water partition coefficient (Wildman–Crippen LogP) is 4.67. The van der Waals surface area contributed by atoms with E-state index in [1.807, 2.05) is 66.0 Å². The van der Waals surface area contributed by atoms with Crippen LogP contribution in [-0.4, -0.2) is 22.6 Å². The van der Waals surface area contributed by atoms with Crippen LogP contribution in [0, 0.1) is 0 Å². The molecule has 0 spiro atoms. The number of fused-ring (bicyclic) bond motifs is 1. The number of nitrogens with zero attached hydrogens (tertiary/aromatic N) is 2. The van der Waals surface area contributed by atoms with E-state index in [9.17, 15) is 9.59 Å². The van der Waals surface area contributed by atoms with Gasteiger partial charge in [0.1, 0.15) is 10.7 Å². The molecular weight excluding hydrogens is 396 g/mol. The van der Waals surface area contributed by atoms with Crippen molar-refractivity contribution in [3.05, 3.63) is 87.8 Å². The summed E-state index contributed by atoms with van der Waals surface area (Å²) in [5.41, 5.74) is 2.93. The summed E-state index contributed by atoms with van der Waals surface area (Å²) in [6.07, 6.45) is 1.34. The Hall–Kier alpha value is -3.25. The highest BCUT2D eigenvalue weighted by atomic mass is 32.1. The molecule has 6 heteroatoms. The van der Waals surface area contributed by atoms with Gasteiger partial charge in [0.15, 0.2) is 0 Å². The van der Waals surface area contributed by atoms with Gasteiger partial charge in [0, 0.05) is 30.3 Å². The number of hydrogen-bond donors (Lipinski definition) is 0. The molecule has 0 fully saturated rings. The van der Waals surface area contributed by atoms with Crippen molar-refractivity contribution in [2.75, 3.05) is 7.11 Å². The molecule has 5 nitrogen and oxygen atoms in total. The number of carbonyl (C=O) groups excluding carboxylic acids is 1. The Morgan fingerprint density at radius 2 is 1.77 bits per heavy atom. The minimum atomic E-state index is -0.276. The van der Waals surface area contributed by atoms with E-state index in [2.05, 4.69) is 0 Å². The van der Waals surface area contributed by atoms with Crippen LogP contribution in [0.3, 0.4) is 0 Å². The summed E-state index contributed by atoms with van der Waals surface area (Å²) in [7, 11) is 1.38. The summed E-state index contributed by atoms with van der Waals surface area (Å²) in [4.78, 5) is 30.7. The van der Waals surface area contributed by atoms with Gasteiger partial charge < -0.3 is 4.74 Å². The van der Waals surface area contributed by atoms with Crippen LogP contribution in [0.2, 0.25) is 0 Å². The molecule has 2 aromatic heterocycles. The van der Waals surface area contributed by atoms with Gasteiger partial charge in [-0.15, -0.1) is 11.3 Å². The van der Waals surface area contributed by atoms with Crippen molar-refractivity contribution in [3.63, 3.8) is 0 Å². The molecule has 0 amide bonds. The molecule has 30 heavy (non-hydrogen) atoms. The van der Waals surface area contributed by atoms with Gasteiger partial charge in [-0.1, -0.05) is 60.7 Å². The van der Waals surface area contributed by atoms with Gasteiger partial charge in [-0.05, 0) is 17.5 Å². The van der Waals surface area contributed by atoms with E-state index in [1.54, 1.807) is 4.57 Å². The van der Waals surface area contributed by atoms with Gasteiger partial charge in [-0.3, -0.25) is 14.2 Å². The van der Waals surface area contributed by atoms with E-state index in [-0.39, 0.29) is 17.9 Å². The maximum absolute atomic E-state index is 13.6. The minimum Gasteiger partial charge on any atom is -0.469 e. The maximum Gasteiger partial charge on any atom is 0.305 e. The van der Waals surface area contributed by atoms with Crippen LogP contribution in [0.4, 0.5) is 0 Å². The Kier molecular flexibility index (Phi) is 6.05. The van der Waals surface area contributed by atoms with Crippen LogP contribution in [0.5, 0.6) is 0 Å². The molecule has 0 radical (unpaired) electrons. The topological polar surface area (TPSA) is 61.2 Å². The van der Waals surface area contributed by atoms with Gasteiger partial charge in [-0.25, -0.2) is 4.98 Å². The number of methoxy groups -OCH3 is 1. The van der Waals surface area contributed by atoms with Crippen LogP contribution in [0.1, 0.15) is 24.2 Å². The second-order valence-electron chi connectivity index (χ2n) is 7.02. The number of rotatable bonds is 7. The highest BCUT2D eigenvalue weighted by Crippen LogP contribution is 2.31. The largest absolute Gasteiger partial charge is 0.469 e. The van der Waals surface area contributed by atoms with Gasteiger partial charge in [0.2, 0.25) is 0 Å². The van der Waals surface area contributed by atoms with E-state index < -0.39 is 0 Å². The number of thiophene rings is 1. The lowest BCUT2D eigenvalue weighted by atomic mass is 10.1. The summed E-state index contributed by atoms with van der Waals surface area (Å²) < 4.78 is 6.46. The Morgan fingerprint density at radius 1 is 1.07 bits per heavy atom. The first-order valence-electron chi connectivity index (χ1n) is 9.84. The molecule has 0 saturated carbocycles. The van der Waals surface area contributed by atoms with E-state index in [0.29, 0.717) is 30.6 Å². The van der Waals surface area contributed by atoms with Gasteiger partial charge in [0.05, 0.1) is 12.5 Å². The standard InChI is InChI=1S/C24H22N2O3S/c1-29-21(27)13-8-14-26-20(15-17-9-4-2-5-10-17)25-23-22(24(26)28)19(16-30-23)18-11-6-3-7-12-18/h2-7,9-12,16H,8,13-15H2,1H3. The summed E-state index contributed by atoms with van der Waals surface area (Å²) in [6, 6.07) is 19.9. The Balaban J connectivity index is 1.80. The second-order valence-corrected chi connectivity index (χ2v) is 7.88. The first kappa shape index (κ1) is 20.0. The first-order valence-corrected chi connectivity index (χ1v) is 10.7.